The summed E-state index contributed by atoms with van der Waals surface area (Å²) in [4.78, 5) is 0. The molecule has 0 bridgehead atoms. The van der Waals surface area contributed by atoms with Gasteiger partial charge in [-0.15, -0.1) is 0 Å². The molecule has 0 atom stereocenters. The molecule has 0 aliphatic heterocycles. The topological polar surface area (TPSA) is 49.7 Å². The van der Waals surface area contributed by atoms with Crippen molar-refractivity contribution in [2.75, 3.05) is 0 Å². The number of ether oxygens (including phenoxy) is 1. The van der Waals surface area contributed by atoms with Crippen LogP contribution in [0.3, 0.4) is 0 Å². The van der Waals surface area contributed by atoms with Gasteiger partial charge < -0.3 is 14.9 Å². The number of aryl methyl sites for hydroxylation is 2. The SMILES string of the molecule is CCc1ccc(OCc2c[c]c(CO)cc2)cc1-c1ccc(C(O)(CC)CC)cc1C. The van der Waals surface area contributed by atoms with Crippen molar-refractivity contribution in [3.05, 3.63) is 88.5 Å². The molecule has 0 saturated heterocycles. The van der Waals surface area contributed by atoms with E-state index in [2.05, 4.69) is 50.2 Å². The fourth-order valence-corrected chi connectivity index (χ4v) is 3.96. The zero-order valence-corrected chi connectivity index (χ0v) is 19.0. The van der Waals surface area contributed by atoms with Crippen LogP contribution in [0.4, 0.5) is 0 Å². The smallest absolute Gasteiger partial charge is 0.120 e. The maximum absolute atomic E-state index is 10.9. The van der Waals surface area contributed by atoms with Gasteiger partial charge in [-0.3, -0.25) is 0 Å². The first-order chi connectivity index (χ1) is 14.9. The molecule has 0 aliphatic rings. The second-order valence-electron chi connectivity index (χ2n) is 8.11. The van der Waals surface area contributed by atoms with Crippen LogP contribution in [0.1, 0.15) is 61.4 Å². The summed E-state index contributed by atoms with van der Waals surface area (Å²) in [5, 5.41) is 20.1. The van der Waals surface area contributed by atoms with Crippen molar-refractivity contribution in [3.63, 3.8) is 0 Å². The molecule has 0 fully saturated rings. The van der Waals surface area contributed by atoms with Gasteiger partial charge in [0.25, 0.3) is 0 Å². The van der Waals surface area contributed by atoms with E-state index in [-0.39, 0.29) is 6.61 Å². The molecule has 0 saturated carbocycles. The van der Waals surface area contributed by atoms with Crippen LogP contribution >= 0.6 is 0 Å². The Balaban J connectivity index is 1.88. The third-order valence-electron chi connectivity index (χ3n) is 6.20. The van der Waals surface area contributed by atoms with Crippen LogP contribution in [0.2, 0.25) is 0 Å². The standard InChI is InChI=1S/C28H33O3/c1-5-23-12-14-25(31-19-22-10-8-21(18-29)9-11-22)17-27(23)26-15-13-24(16-20(26)4)28(30,6-2)7-3/h8,10-17,29-30H,5-7,18-19H2,1-4H3. The molecule has 3 aromatic carbocycles. The summed E-state index contributed by atoms with van der Waals surface area (Å²) in [6.07, 6.45) is 2.33. The van der Waals surface area contributed by atoms with E-state index in [9.17, 15) is 5.11 Å². The third kappa shape index (κ3) is 5.17. The van der Waals surface area contributed by atoms with Gasteiger partial charge in [-0.2, -0.15) is 0 Å². The van der Waals surface area contributed by atoms with Gasteiger partial charge in [-0.1, -0.05) is 57.2 Å². The molecule has 3 aromatic rings. The molecule has 0 unspecified atom stereocenters. The summed E-state index contributed by atoms with van der Waals surface area (Å²) in [6, 6.07) is 21.3. The average Bonchev–Trinajstić information content (AvgIpc) is 2.82. The quantitative estimate of drug-likeness (QED) is 0.442. The minimum atomic E-state index is -0.773. The molecule has 1 radical (unpaired) electrons. The highest BCUT2D eigenvalue weighted by Crippen LogP contribution is 2.35. The lowest BCUT2D eigenvalue weighted by Gasteiger charge is -2.27. The van der Waals surface area contributed by atoms with Gasteiger partial charge in [0.15, 0.2) is 0 Å². The van der Waals surface area contributed by atoms with Crippen LogP contribution in [0, 0.1) is 13.0 Å². The van der Waals surface area contributed by atoms with Crippen LogP contribution in [0.25, 0.3) is 11.1 Å². The molecular formula is C28H33O3. The Labute approximate surface area is 186 Å². The van der Waals surface area contributed by atoms with Gasteiger partial charge in [0.2, 0.25) is 0 Å². The molecule has 163 valence electrons. The largest absolute Gasteiger partial charge is 0.489 e. The number of aliphatic hydroxyl groups is 2. The van der Waals surface area contributed by atoms with Gasteiger partial charge in [-0.25, -0.2) is 0 Å². The predicted molar refractivity (Wildman–Crippen MR) is 126 cm³/mol. The first-order valence-electron chi connectivity index (χ1n) is 11.1. The maximum atomic E-state index is 10.9. The Kier molecular flexibility index (Phi) is 7.53. The van der Waals surface area contributed by atoms with E-state index in [1.807, 2.05) is 38.1 Å². The van der Waals surface area contributed by atoms with E-state index < -0.39 is 5.60 Å². The second kappa shape index (κ2) is 10.1. The van der Waals surface area contributed by atoms with Gasteiger partial charge in [-0.05, 0) is 89.4 Å². The third-order valence-corrected chi connectivity index (χ3v) is 6.20. The van der Waals surface area contributed by atoms with Crippen LogP contribution < -0.4 is 4.74 Å². The van der Waals surface area contributed by atoms with Crippen LogP contribution in [-0.2, 0) is 25.2 Å². The van der Waals surface area contributed by atoms with Gasteiger partial charge in [0.1, 0.15) is 12.4 Å². The number of hydrogen-bond donors (Lipinski definition) is 2. The molecule has 0 aromatic heterocycles. The van der Waals surface area contributed by atoms with Crippen LogP contribution in [0.5, 0.6) is 5.75 Å². The van der Waals surface area contributed by atoms with E-state index in [4.69, 9.17) is 9.84 Å². The molecule has 0 heterocycles. The van der Waals surface area contributed by atoms with E-state index >= 15 is 0 Å². The molecule has 3 heteroatoms. The molecule has 0 spiro atoms. The van der Waals surface area contributed by atoms with E-state index in [1.54, 1.807) is 0 Å². The van der Waals surface area contributed by atoms with Crippen LogP contribution in [0.15, 0.2) is 54.6 Å². The van der Waals surface area contributed by atoms with Crippen molar-refractivity contribution >= 4 is 0 Å². The highest BCUT2D eigenvalue weighted by molar-refractivity contribution is 5.72. The van der Waals surface area contributed by atoms with Crippen molar-refractivity contribution in [1.29, 1.82) is 0 Å². The fraction of sp³-hybridized carbons (Fsp3) is 0.357. The molecule has 3 rings (SSSR count). The number of aliphatic hydroxyl groups excluding tert-OH is 1. The van der Waals surface area contributed by atoms with Crippen molar-refractivity contribution in [2.45, 2.75) is 65.8 Å². The lowest BCUT2D eigenvalue weighted by atomic mass is 9.85. The van der Waals surface area contributed by atoms with Gasteiger partial charge in [0, 0.05) is 0 Å². The van der Waals surface area contributed by atoms with Crippen molar-refractivity contribution in [1.82, 2.24) is 0 Å². The minimum Gasteiger partial charge on any atom is -0.489 e. The van der Waals surface area contributed by atoms with E-state index in [0.29, 0.717) is 19.4 Å². The summed E-state index contributed by atoms with van der Waals surface area (Å²) < 4.78 is 6.06. The van der Waals surface area contributed by atoms with Crippen molar-refractivity contribution < 1.29 is 14.9 Å². The number of hydrogen-bond acceptors (Lipinski definition) is 3. The summed E-state index contributed by atoms with van der Waals surface area (Å²) in [5.41, 5.74) is 6.75. The summed E-state index contributed by atoms with van der Waals surface area (Å²) in [7, 11) is 0. The lowest BCUT2D eigenvalue weighted by molar-refractivity contribution is 0.0283. The van der Waals surface area contributed by atoms with Gasteiger partial charge in [0.05, 0.1) is 12.2 Å². The fourth-order valence-electron chi connectivity index (χ4n) is 3.96. The number of rotatable bonds is 9. The van der Waals surface area contributed by atoms with Gasteiger partial charge >= 0.3 is 0 Å². The molecule has 3 nitrogen and oxygen atoms in total. The van der Waals surface area contributed by atoms with E-state index in [1.165, 1.54) is 16.7 Å². The molecule has 0 aliphatic carbocycles. The Morgan fingerprint density at radius 1 is 0.935 bits per heavy atom. The highest BCUT2D eigenvalue weighted by Gasteiger charge is 2.25. The summed E-state index contributed by atoms with van der Waals surface area (Å²) in [5.74, 6) is 0.820. The first kappa shape index (κ1) is 23.1. The molecular weight excluding hydrogens is 384 g/mol. The Morgan fingerprint density at radius 2 is 1.71 bits per heavy atom. The molecule has 0 amide bonds. The maximum Gasteiger partial charge on any atom is 0.120 e. The van der Waals surface area contributed by atoms with Crippen molar-refractivity contribution in [3.8, 4) is 16.9 Å². The molecule has 2 N–H and O–H groups in total. The average molecular weight is 418 g/mol. The minimum absolute atomic E-state index is 0.00493. The predicted octanol–water partition coefficient (Wildman–Crippen LogP) is 6.10. The summed E-state index contributed by atoms with van der Waals surface area (Å²) in [6.45, 7) is 8.76. The van der Waals surface area contributed by atoms with Crippen molar-refractivity contribution in [2.24, 2.45) is 0 Å². The highest BCUT2D eigenvalue weighted by atomic mass is 16.5. The normalized spacial score (nSPS) is 11.5. The Hall–Kier alpha value is -2.62. The number of benzene rings is 3. The monoisotopic (exact) mass is 417 g/mol. The zero-order valence-electron chi connectivity index (χ0n) is 19.0. The summed E-state index contributed by atoms with van der Waals surface area (Å²) >= 11 is 0. The Morgan fingerprint density at radius 3 is 2.29 bits per heavy atom. The zero-order chi connectivity index (χ0) is 22.4. The first-order valence-corrected chi connectivity index (χ1v) is 11.1. The molecule has 31 heavy (non-hydrogen) atoms. The lowest BCUT2D eigenvalue weighted by Crippen LogP contribution is -2.23. The second-order valence-corrected chi connectivity index (χ2v) is 8.11. The Bertz CT molecular complexity index is 1000. The van der Waals surface area contributed by atoms with Crippen LogP contribution in [-0.4, -0.2) is 10.2 Å². The van der Waals surface area contributed by atoms with E-state index in [0.717, 1.165) is 34.4 Å².